The molecule has 0 radical (unpaired) electrons. The number of aromatic amines is 1. The highest BCUT2D eigenvalue weighted by atomic mass is 16.2. The van der Waals surface area contributed by atoms with Crippen molar-refractivity contribution < 1.29 is 4.79 Å². The van der Waals surface area contributed by atoms with Gasteiger partial charge in [0.05, 0.1) is 0 Å². The Hall–Kier alpha value is -2.93. The lowest BCUT2D eigenvalue weighted by atomic mass is 10.0. The zero-order valence-corrected chi connectivity index (χ0v) is 17.2. The summed E-state index contributed by atoms with van der Waals surface area (Å²) in [6, 6.07) is 8.12. The molecular formula is C22H27N5O2. The van der Waals surface area contributed by atoms with Gasteiger partial charge in [0.15, 0.2) is 5.65 Å². The molecule has 1 aliphatic heterocycles. The van der Waals surface area contributed by atoms with Gasteiger partial charge >= 0.3 is 0 Å². The molecule has 29 heavy (non-hydrogen) atoms. The Morgan fingerprint density at radius 3 is 2.62 bits per heavy atom. The number of carbonyl (C=O) groups excluding carboxylic acids is 1. The fourth-order valence-corrected chi connectivity index (χ4v) is 3.98. The molecule has 0 bridgehead atoms. The molecule has 1 amide bonds. The van der Waals surface area contributed by atoms with Gasteiger partial charge in [0.25, 0.3) is 11.5 Å². The number of hydrogen-bond donors (Lipinski definition) is 1. The summed E-state index contributed by atoms with van der Waals surface area (Å²) < 4.78 is 1.40. The lowest BCUT2D eigenvalue weighted by molar-refractivity contribution is 0.0645. The first-order valence-corrected chi connectivity index (χ1v) is 10.1. The largest absolute Gasteiger partial charge is 0.336 e. The maximum absolute atomic E-state index is 13.1. The fourth-order valence-electron chi connectivity index (χ4n) is 3.98. The third-order valence-corrected chi connectivity index (χ3v) is 5.76. The number of likely N-dealkylation sites (N-methyl/N-ethyl adjacent to an activating group) is 1. The zero-order valence-electron chi connectivity index (χ0n) is 17.2. The van der Waals surface area contributed by atoms with E-state index in [1.807, 2.05) is 36.9 Å². The average molecular weight is 393 g/mol. The number of rotatable bonds is 4. The number of aromatic nitrogens is 3. The third kappa shape index (κ3) is 3.70. The van der Waals surface area contributed by atoms with Gasteiger partial charge in [-0.25, -0.2) is 9.50 Å². The van der Waals surface area contributed by atoms with Gasteiger partial charge in [-0.1, -0.05) is 36.8 Å². The molecule has 0 unspecified atom stereocenters. The van der Waals surface area contributed by atoms with E-state index in [0.717, 1.165) is 30.8 Å². The molecule has 7 nitrogen and oxygen atoms in total. The van der Waals surface area contributed by atoms with Crippen LogP contribution in [0.5, 0.6) is 0 Å². The van der Waals surface area contributed by atoms with Crippen molar-refractivity contribution in [1.82, 2.24) is 24.4 Å². The second-order valence-electron chi connectivity index (χ2n) is 7.72. The normalized spacial score (nSPS) is 15.2. The van der Waals surface area contributed by atoms with Crippen molar-refractivity contribution in [3.05, 3.63) is 68.8 Å². The summed E-state index contributed by atoms with van der Waals surface area (Å²) >= 11 is 0. The summed E-state index contributed by atoms with van der Waals surface area (Å²) in [5.41, 5.74) is 4.25. The molecule has 1 aliphatic rings. The second kappa shape index (κ2) is 7.83. The molecule has 152 valence electrons. The third-order valence-electron chi connectivity index (χ3n) is 5.76. The van der Waals surface area contributed by atoms with E-state index in [2.05, 4.69) is 28.0 Å². The Morgan fingerprint density at radius 2 is 1.93 bits per heavy atom. The van der Waals surface area contributed by atoms with E-state index in [0.29, 0.717) is 42.0 Å². The number of amides is 1. The molecule has 0 aliphatic carbocycles. The van der Waals surface area contributed by atoms with Crippen LogP contribution in [0.15, 0.2) is 35.3 Å². The maximum atomic E-state index is 13.1. The van der Waals surface area contributed by atoms with Crippen molar-refractivity contribution >= 4 is 11.6 Å². The highest BCUT2D eigenvalue weighted by Crippen LogP contribution is 2.16. The first-order valence-electron chi connectivity index (χ1n) is 10.1. The minimum absolute atomic E-state index is 0.0720. The van der Waals surface area contributed by atoms with Crippen LogP contribution in [-0.4, -0.2) is 63.0 Å². The molecule has 4 rings (SSSR count). The predicted molar refractivity (Wildman–Crippen MR) is 113 cm³/mol. The number of benzene rings is 1. The van der Waals surface area contributed by atoms with E-state index in [9.17, 15) is 9.59 Å². The van der Waals surface area contributed by atoms with Crippen LogP contribution in [0.1, 0.15) is 39.7 Å². The predicted octanol–water partition coefficient (Wildman–Crippen LogP) is 2.01. The molecule has 1 fully saturated rings. The number of fused-ring (bicyclic) bond motifs is 1. The van der Waals surface area contributed by atoms with Gasteiger partial charge in [0.1, 0.15) is 5.56 Å². The Balaban J connectivity index is 1.65. The summed E-state index contributed by atoms with van der Waals surface area (Å²) in [7, 11) is 0. The molecule has 7 heteroatoms. The summed E-state index contributed by atoms with van der Waals surface area (Å²) in [6.07, 6.45) is 2.12. The van der Waals surface area contributed by atoms with Crippen molar-refractivity contribution in [2.24, 2.45) is 0 Å². The van der Waals surface area contributed by atoms with Crippen LogP contribution in [0.25, 0.3) is 5.65 Å². The van der Waals surface area contributed by atoms with Crippen LogP contribution < -0.4 is 5.56 Å². The van der Waals surface area contributed by atoms with E-state index < -0.39 is 0 Å². The van der Waals surface area contributed by atoms with Crippen LogP contribution in [0.3, 0.4) is 0 Å². The topological polar surface area (TPSA) is 73.7 Å². The molecule has 2 aromatic heterocycles. The number of aryl methyl sites for hydroxylation is 2. The van der Waals surface area contributed by atoms with E-state index in [1.54, 1.807) is 6.20 Å². The van der Waals surface area contributed by atoms with Crippen LogP contribution >= 0.6 is 0 Å². The summed E-state index contributed by atoms with van der Waals surface area (Å²) in [6.45, 7) is 10.1. The summed E-state index contributed by atoms with van der Waals surface area (Å²) in [5.74, 6) is -0.0720. The molecule has 0 saturated carbocycles. The molecule has 3 heterocycles. The van der Waals surface area contributed by atoms with Gasteiger partial charge in [-0.3, -0.25) is 14.7 Å². The van der Waals surface area contributed by atoms with E-state index in [-0.39, 0.29) is 11.5 Å². The monoisotopic (exact) mass is 393 g/mol. The van der Waals surface area contributed by atoms with Gasteiger partial charge in [-0.2, -0.15) is 0 Å². The van der Waals surface area contributed by atoms with Gasteiger partial charge < -0.3 is 9.80 Å². The minimum atomic E-state index is -0.149. The quantitative estimate of drug-likeness (QED) is 0.736. The van der Waals surface area contributed by atoms with E-state index in [4.69, 9.17) is 0 Å². The van der Waals surface area contributed by atoms with E-state index in [1.165, 1.54) is 4.52 Å². The average Bonchev–Trinajstić information content (AvgIpc) is 3.14. The number of hydrogen-bond acceptors (Lipinski definition) is 4. The molecule has 0 spiro atoms. The lowest BCUT2D eigenvalue weighted by Gasteiger charge is -2.33. The Kier molecular flexibility index (Phi) is 5.24. The maximum Gasteiger partial charge on any atom is 0.276 e. The number of H-pyrrole nitrogens is 1. The SMILES string of the molecule is CCN1CCN(C(=O)c2c[nH]n3c(=O)c(Cc4cccc(C)c4)c(C)nc23)CC1. The van der Waals surface area contributed by atoms with Crippen LogP contribution in [-0.2, 0) is 6.42 Å². The lowest BCUT2D eigenvalue weighted by Crippen LogP contribution is -2.48. The Bertz CT molecular complexity index is 1110. The van der Waals surface area contributed by atoms with E-state index >= 15 is 0 Å². The standard InChI is InChI=1S/C22H27N5O2/c1-4-25-8-10-26(11-9-25)21(28)19-14-23-27-20(19)24-16(3)18(22(27)29)13-17-7-5-6-15(2)12-17/h5-7,12,14,23H,4,8-11,13H2,1-3H3. The van der Waals surface area contributed by atoms with Gasteiger partial charge in [0, 0.05) is 50.1 Å². The smallest absolute Gasteiger partial charge is 0.276 e. The van der Waals surface area contributed by atoms with Gasteiger partial charge in [0.2, 0.25) is 0 Å². The number of nitrogens with one attached hydrogen (secondary N) is 1. The number of piperazine rings is 1. The molecule has 3 aromatic rings. The Labute approximate surface area is 170 Å². The summed E-state index contributed by atoms with van der Waals surface area (Å²) in [4.78, 5) is 34.9. The molecule has 1 saturated heterocycles. The second-order valence-corrected chi connectivity index (χ2v) is 7.72. The van der Waals surface area contributed by atoms with Crippen LogP contribution in [0.4, 0.5) is 0 Å². The van der Waals surface area contributed by atoms with Crippen molar-refractivity contribution in [3.63, 3.8) is 0 Å². The number of carbonyl (C=O) groups is 1. The van der Waals surface area contributed by atoms with Crippen LogP contribution in [0.2, 0.25) is 0 Å². The minimum Gasteiger partial charge on any atom is -0.336 e. The van der Waals surface area contributed by atoms with Crippen molar-refractivity contribution in [3.8, 4) is 0 Å². The summed E-state index contributed by atoms with van der Waals surface area (Å²) in [5, 5.41) is 2.94. The molecule has 1 aromatic carbocycles. The zero-order chi connectivity index (χ0) is 20.5. The molecule has 1 N–H and O–H groups in total. The van der Waals surface area contributed by atoms with Crippen molar-refractivity contribution in [2.75, 3.05) is 32.7 Å². The van der Waals surface area contributed by atoms with Crippen molar-refractivity contribution in [1.29, 1.82) is 0 Å². The van der Waals surface area contributed by atoms with Gasteiger partial charge in [-0.05, 0) is 26.0 Å². The highest BCUT2D eigenvalue weighted by Gasteiger charge is 2.25. The first kappa shape index (κ1) is 19.4. The number of nitrogens with zero attached hydrogens (tertiary/aromatic N) is 4. The first-order chi connectivity index (χ1) is 14.0. The fraction of sp³-hybridized carbons (Fsp3) is 0.409. The Morgan fingerprint density at radius 1 is 1.17 bits per heavy atom. The molecule has 0 atom stereocenters. The van der Waals surface area contributed by atoms with Gasteiger partial charge in [-0.15, -0.1) is 0 Å². The van der Waals surface area contributed by atoms with Crippen LogP contribution in [0, 0.1) is 13.8 Å². The molecular weight excluding hydrogens is 366 g/mol. The highest BCUT2D eigenvalue weighted by molar-refractivity contribution is 5.99. The van der Waals surface area contributed by atoms with Crippen molar-refractivity contribution in [2.45, 2.75) is 27.2 Å².